The highest BCUT2D eigenvalue weighted by atomic mass is 127. The Morgan fingerprint density at radius 3 is 2.07 bits per heavy atom. The van der Waals surface area contributed by atoms with Crippen LogP contribution < -0.4 is 15.4 Å². The fourth-order valence-corrected chi connectivity index (χ4v) is 3.29. The molecule has 0 aromatic heterocycles. The van der Waals surface area contributed by atoms with Crippen molar-refractivity contribution in [2.75, 3.05) is 14.1 Å². The predicted molar refractivity (Wildman–Crippen MR) is 122 cm³/mol. The molecule has 0 heterocycles. The highest BCUT2D eigenvalue weighted by molar-refractivity contribution is 14.0. The number of nitrogens with zero attached hydrogens (tertiary/aromatic N) is 1. The molecule has 2 aromatic carbocycles. The molecule has 166 valence electrons. The lowest BCUT2D eigenvalue weighted by Crippen LogP contribution is -2.36. The van der Waals surface area contributed by atoms with Crippen LogP contribution in [-0.2, 0) is 35.0 Å². The van der Waals surface area contributed by atoms with E-state index in [1.165, 1.54) is 19.2 Å². The standard InChI is InChI=1S/C19H23F3N4O2S.HI/c1-23-18(25-11-14-6-8-17(9-7-14)19(20,21)22)26-12-15-4-3-5-16(10-15)13-29(27,28)24-2;/h3-10,24H,11-13H2,1-2H3,(H2,23,25,26);1H. The van der Waals surface area contributed by atoms with E-state index in [1.54, 1.807) is 25.2 Å². The molecule has 0 fully saturated rings. The third kappa shape index (κ3) is 8.48. The van der Waals surface area contributed by atoms with Crippen LogP contribution >= 0.6 is 24.0 Å². The minimum Gasteiger partial charge on any atom is -0.352 e. The molecule has 3 N–H and O–H groups in total. The third-order valence-electron chi connectivity index (χ3n) is 4.08. The second-order valence-corrected chi connectivity index (χ2v) is 8.18. The van der Waals surface area contributed by atoms with Gasteiger partial charge < -0.3 is 10.6 Å². The highest BCUT2D eigenvalue weighted by Crippen LogP contribution is 2.29. The van der Waals surface area contributed by atoms with Crippen LogP contribution in [0.5, 0.6) is 0 Å². The molecule has 0 saturated heterocycles. The fourth-order valence-electron chi connectivity index (χ4n) is 2.52. The van der Waals surface area contributed by atoms with Crippen LogP contribution in [0.15, 0.2) is 53.5 Å². The number of hydrogen-bond donors (Lipinski definition) is 3. The minimum atomic E-state index is -4.36. The summed E-state index contributed by atoms with van der Waals surface area (Å²) in [6.45, 7) is 0.707. The normalized spacial score (nSPS) is 12.2. The molecule has 0 spiro atoms. The third-order valence-corrected chi connectivity index (χ3v) is 5.42. The molecule has 2 rings (SSSR count). The van der Waals surface area contributed by atoms with Crippen molar-refractivity contribution >= 4 is 40.0 Å². The van der Waals surface area contributed by atoms with Crippen LogP contribution in [0.4, 0.5) is 13.2 Å². The van der Waals surface area contributed by atoms with Crippen LogP contribution in [0.25, 0.3) is 0 Å². The summed E-state index contributed by atoms with van der Waals surface area (Å²) in [7, 11) is -0.404. The first-order chi connectivity index (χ1) is 13.6. The van der Waals surface area contributed by atoms with Crippen molar-refractivity contribution in [2.24, 2.45) is 4.99 Å². The summed E-state index contributed by atoms with van der Waals surface area (Å²) in [5.74, 6) is 0.358. The number of guanidine groups is 1. The molecular weight excluding hydrogens is 532 g/mol. The molecule has 0 amide bonds. The predicted octanol–water partition coefficient (Wildman–Crippen LogP) is 3.24. The topological polar surface area (TPSA) is 82.6 Å². The van der Waals surface area contributed by atoms with E-state index in [1.807, 2.05) is 6.07 Å². The molecule has 0 atom stereocenters. The van der Waals surface area contributed by atoms with E-state index in [4.69, 9.17) is 0 Å². The van der Waals surface area contributed by atoms with Gasteiger partial charge in [0.1, 0.15) is 0 Å². The lowest BCUT2D eigenvalue weighted by molar-refractivity contribution is -0.137. The van der Waals surface area contributed by atoms with E-state index in [9.17, 15) is 21.6 Å². The van der Waals surface area contributed by atoms with Crippen molar-refractivity contribution in [1.82, 2.24) is 15.4 Å². The van der Waals surface area contributed by atoms with E-state index in [2.05, 4.69) is 20.3 Å². The van der Waals surface area contributed by atoms with Gasteiger partial charge in [-0.2, -0.15) is 13.2 Å². The van der Waals surface area contributed by atoms with Crippen LogP contribution in [0.3, 0.4) is 0 Å². The first-order valence-corrected chi connectivity index (χ1v) is 10.4. The zero-order chi connectivity index (χ0) is 21.5. The maximum absolute atomic E-state index is 12.6. The van der Waals surface area contributed by atoms with Crippen molar-refractivity contribution in [1.29, 1.82) is 0 Å². The maximum Gasteiger partial charge on any atom is 0.416 e. The van der Waals surface area contributed by atoms with Gasteiger partial charge in [0.25, 0.3) is 0 Å². The summed E-state index contributed by atoms with van der Waals surface area (Å²) in [5.41, 5.74) is 1.52. The summed E-state index contributed by atoms with van der Waals surface area (Å²) in [6, 6.07) is 12.0. The first-order valence-electron chi connectivity index (χ1n) is 8.72. The number of halogens is 4. The lowest BCUT2D eigenvalue weighted by Gasteiger charge is -2.13. The van der Waals surface area contributed by atoms with E-state index in [0.29, 0.717) is 30.2 Å². The number of benzene rings is 2. The van der Waals surface area contributed by atoms with Gasteiger partial charge in [0.05, 0.1) is 11.3 Å². The van der Waals surface area contributed by atoms with Crippen molar-refractivity contribution in [3.8, 4) is 0 Å². The van der Waals surface area contributed by atoms with E-state index in [-0.39, 0.29) is 29.7 Å². The molecule has 2 aromatic rings. The quantitative estimate of drug-likeness (QED) is 0.278. The molecule has 0 radical (unpaired) electrons. The number of aliphatic imine (C=N–C) groups is 1. The Labute approximate surface area is 191 Å². The van der Waals surface area contributed by atoms with Gasteiger partial charge in [-0.1, -0.05) is 36.4 Å². The molecule has 0 saturated carbocycles. The smallest absolute Gasteiger partial charge is 0.352 e. The molecule has 6 nitrogen and oxygen atoms in total. The average Bonchev–Trinajstić information content (AvgIpc) is 2.68. The van der Waals surface area contributed by atoms with Crippen LogP contribution in [0.2, 0.25) is 0 Å². The van der Waals surface area contributed by atoms with Gasteiger partial charge >= 0.3 is 6.18 Å². The molecule has 11 heteroatoms. The second-order valence-electron chi connectivity index (χ2n) is 6.26. The number of hydrogen-bond acceptors (Lipinski definition) is 3. The molecule has 0 aliphatic rings. The van der Waals surface area contributed by atoms with E-state index in [0.717, 1.165) is 17.7 Å². The van der Waals surface area contributed by atoms with Crippen LogP contribution in [0, 0.1) is 0 Å². The molecule has 0 aliphatic carbocycles. The summed E-state index contributed by atoms with van der Waals surface area (Å²) >= 11 is 0. The monoisotopic (exact) mass is 556 g/mol. The Kier molecular flexibility index (Phi) is 10.0. The summed E-state index contributed by atoms with van der Waals surface area (Å²) in [6.07, 6.45) is -4.36. The number of nitrogens with one attached hydrogen (secondary N) is 3. The first kappa shape index (κ1) is 26.2. The molecule has 30 heavy (non-hydrogen) atoms. The maximum atomic E-state index is 12.6. The van der Waals surface area contributed by atoms with Crippen molar-refractivity contribution in [3.63, 3.8) is 0 Å². The Morgan fingerprint density at radius 2 is 1.53 bits per heavy atom. The molecular formula is C19H24F3IN4O2S. The highest BCUT2D eigenvalue weighted by Gasteiger charge is 2.29. The van der Waals surface area contributed by atoms with Crippen molar-refractivity contribution in [2.45, 2.75) is 25.0 Å². The van der Waals surface area contributed by atoms with Gasteiger partial charge in [-0.15, -0.1) is 24.0 Å². The SMILES string of the molecule is CN=C(NCc1ccc(C(F)(F)F)cc1)NCc1cccc(CS(=O)(=O)NC)c1.I. The van der Waals surface area contributed by atoms with Gasteiger partial charge in [-0.25, -0.2) is 13.1 Å². The Morgan fingerprint density at radius 1 is 0.967 bits per heavy atom. The minimum absolute atomic E-state index is 0. The second kappa shape index (κ2) is 11.5. The Balaban J connectivity index is 0.00000450. The fraction of sp³-hybridized carbons (Fsp3) is 0.316. The average molecular weight is 556 g/mol. The van der Waals surface area contributed by atoms with Gasteiger partial charge in [0.15, 0.2) is 5.96 Å². The van der Waals surface area contributed by atoms with Crippen molar-refractivity contribution < 1.29 is 21.6 Å². The van der Waals surface area contributed by atoms with Gasteiger partial charge in [-0.3, -0.25) is 4.99 Å². The van der Waals surface area contributed by atoms with E-state index < -0.39 is 21.8 Å². The molecule has 0 unspecified atom stereocenters. The molecule has 0 aliphatic heterocycles. The van der Waals surface area contributed by atoms with E-state index >= 15 is 0 Å². The Hall–Kier alpha value is -1.86. The van der Waals surface area contributed by atoms with Crippen molar-refractivity contribution in [3.05, 3.63) is 70.8 Å². The number of alkyl halides is 3. The summed E-state index contributed by atoms with van der Waals surface area (Å²) in [5, 5.41) is 6.12. The lowest BCUT2D eigenvalue weighted by atomic mass is 10.1. The van der Waals surface area contributed by atoms with Gasteiger partial charge in [0, 0.05) is 20.1 Å². The van der Waals surface area contributed by atoms with Crippen LogP contribution in [0.1, 0.15) is 22.3 Å². The zero-order valence-electron chi connectivity index (χ0n) is 16.5. The zero-order valence-corrected chi connectivity index (χ0v) is 19.6. The molecule has 0 bridgehead atoms. The van der Waals surface area contributed by atoms with Gasteiger partial charge in [-0.05, 0) is 35.9 Å². The largest absolute Gasteiger partial charge is 0.416 e. The Bertz CT molecular complexity index is 949. The number of sulfonamides is 1. The van der Waals surface area contributed by atoms with Gasteiger partial charge in [0.2, 0.25) is 10.0 Å². The summed E-state index contributed by atoms with van der Waals surface area (Å²) < 4.78 is 63.4. The summed E-state index contributed by atoms with van der Waals surface area (Å²) in [4.78, 5) is 4.08. The van der Waals surface area contributed by atoms with Crippen LogP contribution in [-0.4, -0.2) is 28.5 Å². The number of rotatable bonds is 7.